The molecule has 0 saturated carbocycles. The van der Waals surface area contributed by atoms with Gasteiger partial charge in [-0.2, -0.15) is 0 Å². The maximum Gasteiger partial charge on any atom is 0.258 e. The van der Waals surface area contributed by atoms with Crippen molar-refractivity contribution in [2.75, 3.05) is 13.7 Å². The topological polar surface area (TPSA) is 74.4 Å². The highest BCUT2D eigenvalue weighted by Crippen LogP contribution is 2.27. The Morgan fingerprint density at radius 3 is 2.81 bits per heavy atom. The van der Waals surface area contributed by atoms with Gasteiger partial charge in [-0.3, -0.25) is 9.20 Å². The zero-order valence-corrected chi connectivity index (χ0v) is 15.5. The first kappa shape index (κ1) is 18.4. The van der Waals surface area contributed by atoms with Gasteiger partial charge in [0.15, 0.2) is 18.1 Å². The summed E-state index contributed by atoms with van der Waals surface area (Å²) in [6.07, 6.45) is 3.28. The van der Waals surface area contributed by atoms with Crippen molar-refractivity contribution in [1.82, 2.24) is 9.38 Å². The minimum atomic E-state index is -0.154. The molecule has 0 atom stereocenters. The van der Waals surface area contributed by atoms with Crippen LogP contribution < -0.4 is 15.0 Å². The van der Waals surface area contributed by atoms with E-state index >= 15 is 0 Å². The van der Waals surface area contributed by atoms with E-state index in [0.717, 1.165) is 11.1 Å². The Morgan fingerprint density at radius 2 is 2.04 bits per heavy atom. The Hall–Kier alpha value is -3.35. The number of methoxy groups -OCH3 is 1. The zero-order valence-electron chi connectivity index (χ0n) is 15.5. The summed E-state index contributed by atoms with van der Waals surface area (Å²) in [5.41, 5.74) is 2.78. The quantitative estimate of drug-likeness (QED) is 0.474. The number of ether oxygens (including phenoxy) is 2. The van der Waals surface area contributed by atoms with Gasteiger partial charge < -0.3 is 14.3 Å². The van der Waals surface area contributed by atoms with Crippen molar-refractivity contribution in [1.29, 1.82) is 0 Å². The monoisotopic (exact) mass is 367 g/mol. The Balaban J connectivity index is 1.69. The molecule has 0 N–H and O–H groups in total. The van der Waals surface area contributed by atoms with Crippen LogP contribution >= 0.6 is 0 Å². The van der Waals surface area contributed by atoms with Crippen LogP contribution in [0.25, 0.3) is 5.65 Å². The third-order valence-corrected chi connectivity index (χ3v) is 3.85. The summed E-state index contributed by atoms with van der Waals surface area (Å²) in [5, 5.41) is 3.95. The number of nitrogens with zero attached hydrogens (tertiary/aromatic N) is 3. The molecule has 0 aliphatic carbocycles. The van der Waals surface area contributed by atoms with E-state index in [0.29, 0.717) is 29.4 Å². The molecular formula is C20H21N3O4. The number of fused-ring (bicyclic) bond motifs is 1. The lowest BCUT2D eigenvalue weighted by atomic mass is 10.2. The fraction of sp³-hybridized carbons (Fsp3) is 0.250. The molecule has 0 fully saturated rings. The molecule has 0 spiro atoms. The highest BCUT2D eigenvalue weighted by molar-refractivity contribution is 5.80. The van der Waals surface area contributed by atoms with Gasteiger partial charge in [-0.25, -0.2) is 4.98 Å². The van der Waals surface area contributed by atoms with Crippen LogP contribution in [0.3, 0.4) is 0 Å². The van der Waals surface area contributed by atoms with E-state index in [2.05, 4.69) is 10.1 Å². The van der Waals surface area contributed by atoms with Gasteiger partial charge in [0, 0.05) is 17.8 Å². The summed E-state index contributed by atoms with van der Waals surface area (Å²) in [4.78, 5) is 21.8. The van der Waals surface area contributed by atoms with Crippen LogP contribution in [0.15, 0.2) is 52.5 Å². The Bertz CT molecular complexity index is 1030. The minimum Gasteiger partial charge on any atom is -0.493 e. The van der Waals surface area contributed by atoms with Crippen LogP contribution in [0.1, 0.15) is 23.7 Å². The summed E-state index contributed by atoms with van der Waals surface area (Å²) < 4.78 is 12.3. The number of hydrogen-bond acceptors (Lipinski definition) is 6. The van der Waals surface area contributed by atoms with Crippen molar-refractivity contribution in [3.8, 4) is 11.5 Å². The van der Waals surface area contributed by atoms with Crippen LogP contribution in [-0.2, 0) is 11.4 Å². The molecule has 2 aromatic heterocycles. The number of benzene rings is 1. The standard InChI is InChI=1S/C20H21N3O4/c1-4-26-17-6-5-15(10-18(17)25-3)12-21-27-13-16-11-20(24)23-8-7-14(2)9-19(23)22-16/h5-12H,4,13H2,1-3H3. The molecule has 3 rings (SSSR count). The first-order valence-electron chi connectivity index (χ1n) is 8.56. The maximum absolute atomic E-state index is 12.1. The largest absolute Gasteiger partial charge is 0.493 e. The Labute approximate surface area is 156 Å². The molecule has 0 aliphatic rings. The third kappa shape index (κ3) is 4.44. The van der Waals surface area contributed by atoms with E-state index in [1.807, 2.05) is 38.1 Å². The molecule has 3 aromatic rings. The second kappa shape index (κ2) is 8.35. The summed E-state index contributed by atoms with van der Waals surface area (Å²) >= 11 is 0. The highest BCUT2D eigenvalue weighted by Gasteiger charge is 2.05. The molecule has 0 radical (unpaired) electrons. The van der Waals surface area contributed by atoms with Crippen molar-refractivity contribution in [2.24, 2.45) is 5.16 Å². The van der Waals surface area contributed by atoms with Crippen LogP contribution in [-0.4, -0.2) is 29.3 Å². The lowest BCUT2D eigenvalue weighted by molar-refractivity contribution is 0.129. The summed E-state index contributed by atoms with van der Waals surface area (Å²) in [6, 6.07) is 10.6. The number of pyridine rings is 1. The average Bonchev–Trinajstić information content (AvgIpc) is 2.66. The van der Waals surface area contributed by atoms with Gasteiger partial charge in [0.25, 0.3) is 5.56 Å². The van der Waals surface area contributed by atoms with Crippen molar-refractivity contribution < 1.29 is 14.3 Å². The smallest absolute Gasteiger partial charge is 0.258 e. The van der Waals surface area contributed by atoms with Gasteiger partial charge in [-0.15, -0.1) is 0 Å². The molecular weight excluding hydrogens is 346 g/mol. The number of hydrogen-bond donors (Lipinski definition) is 0. The van der Waals surface area contributed by atoms with Crippen LogP contribution in [0.5, 0.6) is 11.5 Å². The molecule has 0 amide bonds. The van der Waals surface area contributed by atoms with Gasteiger partial charge in [0.1, 0.15) is 5.65 Å². The van der Waals surface area contributed by atoms with E-state index in [9.17, 15) is 4.79 Å². The van der Waals surface area contributed by atoms with Gasteiger partial charge in [-0.05, 0) is 49.7 Å². The number of aryl methyl sites for hydroxylation is 1. The fourth-order valence-electron chi connectivity index (χ4n) is 2.57. The van der Waals surface area contributed by atoms with Crippen LogP contribution in [0.2, 0.25) is 0 Å². The molecule has 0 bridgehead atoms. The summed E-state index contributed by atoms with van der Waals surface area (Å²) in [7, 11) is 1.58. The molecule has 27 heavy (non-hydrogen) atoms. The lowest BCUT2D eigenvalue weighted by Crippen LogP contribution is -2.15. The number of oxime groups is 1. The van der Waals surface area contributed by atoms with Crippen LogP contribution in [0.4, 0.5) is 0 Å². The predicted molar refractivity (Wildman–Crippen MR) is 103 cm³/mol. The average molecular weight is 367 g/mol. The van der Waals surface area contributed by atoms with Gasteiger partial charge in [-0.1, -0.05) is 5.16 Å². The van der Waals surface area contributed by atoms with Crippen molar-refractivity contribution in [3.05, 3.63) is 69.8 Å². The molecule has 0 aliphatic heterocycles. The minimum absolute atomic E-state index is 0.102. The van der Waals surface area contributed by atoms with E-state index in [1.54, 1.807) is 25.6 Å². The first-order valence-corrected chi connectivity index (χ1v) is 8.56. The number of aromatic nitrogens is 2. The van der Waals surface area contributed by atoms with Crippen molar-refractivity contribution >= 4 is 11.9 Å². The van der Waals surface area contributed by atoms with Gasteiger partial charge in [0.05, 0.1) is 25.6 Å². The second-order valence-corrected chi connectivity index (χ2v) is 5.87. The van der Waals surface area contributed by atoms with E-state index in [-0.39, 0.29) is 12.2 Å². The first-order chi connectivity index (χ1) is 13.1. The molecule has 0 saturated heterocycles. The molecule has 7 heteroatoms. The van der Waals surface area contributed by atoms with Gasteiger partial charge >= 0.3 is 0 Å². The predicted octanol–water partition coefficient (Wildman–Crippen LogP) is 2.96. The molecule has 7 nitrogen and oxygen atoms in total. The van der Waals surface area contributed by atoms with E-state index in [4.69, 9.17) is 14.3 Å². The summed E-state index contributed by atoms with van der Waals surface area (Å²) in [5.74, 6) is 1.30. The Kier molecular flexibility index (Phi) is 5.71. The molecule has 2 heterocycles. The van der Waals surface area contributed by atoms with E-state index < -0.39 is 0 Å². The number of rotatable bonds is 7. The molecule has 0 unspecified atom stereocenters. The third-order valence-electron chi connectivity index (χ3n) is 3.85. The fourth-order valence-corrected chi connectivity index (χ4v) is 2.57. The SMILES string of the molecule is CCOc1ccc(C=NOCc2cc(=O)n3ccc(C)cc3n2)cc1OC. The second-order valence-electron chi connectivity index (χ2n) is 5.87. The summed E-state index contributed by atoms with van der Waals surface area (Å²) in [6.45, 7) is 4.52. The highest BCUT2D eigenvalue weighted by atomic mass is 16.6. The van der Waals surface area contributed by atoms with Crippen molar-refractivity contribution in [3.63, 3.8) is 0 Å². The molecule has 140 valence electrons. The normalized spacial score (nSPS) is 11.1. The maximum atomic E-state index is 12.1. The van der Waals surface area contributed by atoms with Gasteiger partial charge in [0.2, 0.25) is 0 Å². The van der Waals surface area contributed by atoms with Crippen molar-refractivity contribution in [2.45, 2.75) is 20.5 Å². The van der Waals surface area contributed by atoms with E-state index in [1.165, 1.54) is 10.5 Å². The molecule has 1 aromatic carbocycles. The lowest BCUT2D eigenvalue weighted by Gasteiger charge is -2.09. The Morgan fingerprint density at radius 1 is 1.19 bits per heavy atom. The van der Waals surface area contributed by atoms with Crippen LogP contribution in [0, 0.1) is 6.92 Å². The zero-order chi connectivity index (χ0) is 19.2.